The second kappa shape index (κ2) is 6.02. The van der Waals surface area contributed by atoms with Crippen LogP contribution in [0.1, 0.15) is 16.7 Å². The maximum atomic E-state index is 10.9. The summed E-state index contributed by atoms with van der Waals surface area (Å²) in [6.45, 7) is 1.56. The van der Waals surface area contributed by atoms with E-state index in [0.29, 0.717) is 11.1 Å². The van der Waals surface area contributed by atoms with Crippen LogP contribution in [0.4, 0.5) is 13.2 Å². The number of benzene rings is 1. The van der Waals surface area contributed by atoms with E-state index < -0.39 is 16.8 Å². The van der Waals surface area contributed by atoms with Gasteiger partial charge in [-0.2, -0.15) is 21.6 Å². The molecule has 0 saturated carbocycles. The van der Waals surface area contributed by atoms with Crippen molar-refractivity contribution in [2.45, 2.75) is 32.3 Å². The van der Waals surface area contributed by atoms with Gasteiger partial charge in [-0.05, 0) is 31.9 Å². The molecular formula is C10H13F3O3S. The Labute approximate surface area is 98.0 Å². The molecule has 1 N–H and O–H groups in total. The first kappa shape index (κ1) is 15.9. The summed E-state index contributed by atoms with van der Waals surface area (Å²) >= 11 is 0. The Hall–Kier alpha value is -1.08. The molecule has 1 aromatic carbocycles. The molecule has 3 nitrogen and oxygen atoms in total. The van der Waals surface area contributed by atoms with E-state index in [-0.39, 0.29) is 4.90 Å². The smallest absolute Gasteiger partial charge is 0.282 e. The van der Waals surface area contributed by atoms with Gasteiger partial charge in [-0.1, -0.05) is 17.7 Å². The fourth-order valence-electron chi connectivity index (χ4n) is 1.57. The molecule has 1 aromatic rings. The molecule has 0 aliphatic carbocycles. The van der Waals surface area contributed by atoms with E-state index in [0.717, 1.165) is 5.56 Å². The van der Waals surface area contributed by atoms with Gasteiger partial charge < -0.3 is 0 Å². The lowest BCUT2D eigenvalue weighted by Gasteiger charge is -2.07. The molecule has 7 heteroatoms. The Kier molecular flexibility index (Phi) is 5.63. The largest absolute Gasteiger partial charge is 0.379 e. The van der Waals surface area contributed by atoms with Crippen molar-refractivity contribution < 1.29 is 26.1 Å². The van der Waals surface area contributed by atoms with Gasteiger partial charge in [0.1, 0.15) is 0 Å². The van der Waals surface area contributed by atoms with Gasteiger partial charge in [-0.3, -0.25) is 4.55 Å². The fourth-order valence-corrected chi connectivity index (χ4v) is 2.51. The molecule has 0 aliphatic rings. The predicted molar refractivity (Wildman–Crippen MR) is 57.6 cm³/mol. The minimum atomic E-state index is -4.08. The number of hydrogen-bond acceptors (Lipinski definition) is 2. The fraction of sp³-hybridized carbons (Fsp3) is 0.400. The number of hydrogen-bond donors (Lipinski definition) is 1. The van der Waals surface area contributed by atoms with Crippen molar-refractivity contribution >= 4 is 10.1 Å². The van der Waals surface area contributed by atoms with Crippen LogP contribution in [0.15, 0.2) is 17.0 Å². The highest BCUT2D eigenvalue weighted by atomic mass is 32.2. The normalized spacial score (nSPS) is 11.1. The van der Waals surface area contributed by atoms with Crippen LogP contribution in [-0.2, 0) is 10.1 Å². The number of halogens is 3. The van der Waals surface area contributed by atoms with Crippen LogP contribution in [-0.4, -0.2) is 19.6 Å². The Bertz CT molecular complexity index is 458. The van der Waals surface area contributed by atoms with Gasteiger partial charge in [-0.25, -0.2) is 0 Å². The molecule has 0 fully saturated rings. The van der Waals surface area contributed by atoms with Gasteiger partial charge in [0, 0.05) is 0 Å². The van der Waals surface area contributed by atoms with E-state index in [9.17, 15) is 21.6 Å². The van der Waals surface area contributed by atoms with Crippen LogP contribution in [0, 0.1) is 20.8 Å². The van der Waals surface area contributed by atoms with Crippen LogP contribution < -0.4 is 0 Å². The van der Waals surface area contributed by atoms with Crippen molar-refractivity contribution in [3.05, 3.63) is 28.8 Å². The van der Waals surface area contributed by atoms with Crippen LogP contribution >= 0.6 is 0 Å². The molecule has 0 bridgehead atoms. The summed E-state index contributed by atoms with van der Waals surface area (Å²) in [5.74, 6) is 0. The molecular weight excluding hydrogens is 257 g/mol. The van der Waals surface area contributed by atoms with Crippen molar-refractivity contribution in [2.24, 2.45) is 0 Å². The Balaban J connectivity index is 0.000000557. The summed E-state index contributed by atoms with van der Waals surface area (Å²) in [7, 11) is -4.08. The highest BCUT2D eigenvalue weighted by Crippen LogP contribution is 2.20. The van der Waals surface area contributed by atoms with Gasteiger partial charge in [0.25, 0.3) is 10.1 Å². The average Bonchev–Trinajstić information content (AvgIpc) is 1.95. The topological polar surface area (TPSA) is 54.4 Å². The van der Waals surface area contributed by atoms with Crippen molar-refractivity contribution in [2.75, 3.05) is 0 Å². The van der Waals surface area contributed by atoms with Gasteiger partial charge in [-0.15, -0.1) is 0 Å². The molecule has 0 amide bonds. The van der Waals surface area contributed by atoms with Crippen molar-refractivity contribution in [1.82, 2.24) is 0 Å². The molecule has 98 valence electrons. The zero-order valence-electron chi connectivity index (χ0n) is 9.54. The summed E-state index contributed by atoms with van der Waals surface area (Å²) < 4.78 is 59.8. The molecule has 0 heterocycles. The molecule has 17 heavy (non-hydrogen) atoms. The summed E-state index contributed by atoms with van der Waals surface area (Å²) in [5.41, 5.74) is 2.16. The lowest BCUT2D eigenvalue weighted by atomic mass is 10.1. The highest BCUT2D eigenvalue weighted by molar-refractivity contribution is 7.86. The lowest BCUT2D eigenvalue weighted by Crippen LogP contribution is -2.04. The second-order valence-electron chi connectivity index (χ2n) is 3.45. The number of aryl methyl sites for hydroxylation is 3. The summed E-state index contributed by atoms with van der Waals surface area (Å²) in [5, 5.41) is 0. The molecule has 0 spiro atoms. The molecule has 0 saturated heterocycles. The monoisotopic (exact) mass is 270 g/mol. The molecule has 0 aliphatic heterocycles. The maximum absolute atomic E-state index is 10.9. The molecule has 0 atom stereocenters. The Morgan fingerprint density at radius 1 is 1.06 bits per heavy atom. The summed E-state index contributed by atoms with van der Waals surface area (Å²) in [4.78, 5) is 0.0260. The number of alkyl halides is 3. The standard InChI is InChI=1S/C9H12O3S.CHF3/c1-6-4-7(2)9(8(3)5-6)13(10,11)12;2-1(3)4/h4-5H,1-3H3,(H,10,11,12);1H. The third-order valence-corrected chi connectivity index (χ3v) is 3.02. The van der Waals surface area contributed by atoms with Gasteiger partial charge in [0.05, 0.1) is 4.90 Å². The van der Waals surface area contributed by atoms with Gasteiger partial charge in [0.15, 0.2) is 0 Å². The molecule has 0 radical (unpaired) electrons. The van der Waals surface area contributed by atoms with Crippen LogP contribution in [0.25, 0.3) is 0 Å². The van der Waals surface area contributed by atoms with Gasteiger partial charge in [0.2, 0.25) is 0 Å². The third-order valence-electron chi connectivity index (χ3n) is 1.86. The Morgan fingerprint density at radius 3 is 1.59 bits per heavy atom. The van der Waals surface area contributed by atoms with E-state index in [2.05, 4.69) is 0 Å². The zero-order valence-corrected chi connectivity index (χ0v) is 10.4. The maximum Gasteiger partial charge on any atom is 0.379 e. The minimum Gasteiger partial charge on any atom is -0.282 e. The number of rotatable bonds is 1. The summed E-state index contributed by atoms with van der Waals surface area (Å²) in [6, 6.07) is 3.46. The lowest BCUT2D eigenvalue weighted by molar-refractivity contribution is 0.00819. The van der Waals surface area contributed by atoms with E-state index in [1.165, 1.54) is 0 Å². The SMILES string of the molecule is Cc1cc(C)c(S(=O)(=O)O)c(C)c1.FC(F)F. The van der Waals surface area contributed by atoms with E-state index in [4.69, 9.17) is 4.55 Å². The average molecular weight is 270 g/mol. The van der Waals surface area contributed by atoms with Crippen LogP contribution in [0.3, 0.4) is 0 Å². The van der Waals surface area contributed by atoms with Crippen LogP contribution in [0.2, 0.25) is 0 Å². The van der Waals surface area contributed by atoms with Crippen molar-refractivity contribution in [1.29, 1.82) is 0 Å². The highest BCUT2D eigenvalue weighted by Gasteiger charge is 2.15. The van der Waals surface area contributed by atoms with Crippen molar-refractivity contribution in [3.63, 3.8) is 0 Å². The minimum absolute atomic E-state index is 0.0260. The second-order valence-corrected chi connectivity index (χ2v) is 4.81. The van der Waals surface area contributed by atoms with E-state index >= 15 is 0 Å². The Morgan fingerprint density at radius 2 is 1.35 bits per heavy atom. The zero-order chi connectivity index (χ0) is 13.8. The first-order chi connectivity index (χ1) is 7.55. The van der Waals surface area contributed by atoms with E-state index in [1.807, 2.05) is 6.92 Å². The van der Waals surface area contributed by atoms with Crippen molar-refractivity contribution in [3.8, 4) is 0 Å². The first-order valence-electron chi connectivity index (χ1n) is 4.53. The summed E-state index contributed by atoms with van der Waals surface area (Å²) in [6.07, 6.45) is 0. The van der Waals surface area contributed by atoms with Gasteiger partial charge >= 0.3 is 6.68 Å². The third kappa shape index (κ3) is 5.69. The van der Waals surface area contributed by atoms with E-state index in [1.54, 1.807) is 26.0 Å². The predicted octanol–water partition coefficient (Wildman–Crippen LogP) is 3.04. The molecule has 1 rings (SSSR count). The quantitative estimate of drug-likeness (QED) is 0.798. The molecule has 0 unspecified atom stereocenters. The first-order valence-corrected chi connectivity index (χ1v) is 5.97. The van der Waals surface area contributed by atoms with Crippen LogP contribution in [0.5, 0.6) is 0 Å². The molecule has 0 aromatic heterocycles.